The molecule has 0 spiro atoms. The van der Waals surface area contributed by atoms with Crippen molar-refractivity contribution >= 4 is 44.5 Å². The summed E-state index contributed by atoms with van der Waals surface area (Å²) in [7, 11) is 0. The molecule has 1 heterocycles. The number of amides is 1. The van der Waals surface area contributed by atoms with Crippen LogP contribution in [-0.2, 0) is 4.79 Å². The van der Waals surface area contributed by atoms with E-state index in [4.69, 9.17) is 0 Å². The molecule has 0 unspecified atom stereocenters. The zero-order chi connectivity index (χ0) is 16.9. The molecule has 0 aliphatic heterocycles. The van der Waals surface area contributed by atoms with Gasteiger partial charge in [-0.15, -0.1) is 0 Å². The number of thioether (sulfide) groups is 1. The van der Waals surface area contributed by atoms with Crippen molar-refractivity contribution in [2.24, 2.45) is 0 Å². The van der Waals surface area contributed by atoms with Crippen LogP contribution in [0.4, 0.5) is 0 Å². The lowest BCUT2D eigenvalue weighted by Gasteiger charge is -2.14. The van der Waals surface area contributed by atoms with Gasteiger partial charge in [0.25, 0.3) is 0 Å². The second-order valence-electron chi connectivity index (χ2n) is 5.47. The van der Waals surface area contributed by atoms with E-state index in [-0.39, 0.29) is 11.9 Å². The number of carbonyl (C=O) groups excluding carboxylic acids is 1. The first kappa shape index (κ1) is 17.0. The van der Waals surface area contributed by atoms with Crippen LogP contribution in [0.1, 0.15) is 18.5 Å². The predicted octanol–water partition coefficient (Wildman–Crippen LogP) is 4.97. The molecule has 1 atom stereocenters. The Kier molecular flexibility index (Phi) is 5.53. The van der Waals surface area contributed by atoms with E-state index in [0.29, 0.717) is 5.75 Å². The summed E-state index contributed by atoms with van der Waals surface area (Å²) in [5, 5.41) is 4.99. The Labute approximate surface area is 154 Å². The summed E-state index contributed by atoms with van der Waals surface area (Å²) < 4.78 is 1.03. The van der Waals surface area contributed by atoms with Crippen molar-refractivity contribution in [3.63, 3.8) is 0 Å². The number of hydrogen-bond acceptors (Lipinski definition) is 3. The fourth-order valence-corrected chi connectivity index (χ4v) is 3.34. The second-order valence-corrected chi connectivity index (χ2v) is 7.38. The van der Waals surface area contributed by atoms with Gasteiger partial charge in [0.2, 0.25) is 5.91 Å². The van der Waals surface area contributed by atoms with Gasteiger partial charge in [-0.25, -0.2) is 4.98 Å². The summed E-state index contributed by atoms with van der Waals surface area (Å²) in [6.07, 6.45) is 0. The normalized spacial score (nSPS) is 12.1. The molecule has 1 aromatic heterocycles. The number of carbonyl (C=O) groups is 1. The van der Waals surface area contributed by atoms with Crippen LogP contribution >= 0.6 is 27.7 Å². The van der Waals surface area contributed by atoms with Crippen molar-refractivity contribution in [2.75, 3.05) is 5.75 Å². The molecule has 0 bridgehead atoms. The van der Waals surface area contributed by atoms with Gasteiger partial charge >= 0.3 is 0 Å². The van der Waals surface area contributed by atoms with Gasteiger partial charge in [0, 0.05) is 9.86 Å². The van der Waals surface area contributed by atoms with Crippen LogP contribution in [0.2, 0.25) is 0 Å². The highest BCUT2D eigenvalue weighted by atomic mass is 79.9. The Bertz CT molecular complexity index is 851. The van der Waals surface area contributed by atoms with Crippen molar-refractivity contribution in [1.29, 1.82) is 0 Å². The van der Waals surface area contributed by atoms with Crippen LogP contribution in [-0.4, -0.2) is 16.6 Å². The van der Waals surface area contributed by atoms with E-state index in [1.54, 1.807) is 0 Å². The van der Waals surface area contributed by atoms with Gasteiger partial charge in [0.1, 0.15) is 0 Å². The summed E-state index contributed by atoms with van der Waals surface area (Å²) in [4.78, 5) is 16.7. The Morgan fingerprint density at radius 1 is 1.12 bits per heavy atom. The van der Waals surface area contributed by atoms with Crippen molar-refractivity contribution in [3.8, 4) is 0 Å². The number of hydrogen-bond donors (Lipinski definition) is 1. The monoisotopic (exact) mass is 400 g/mol. The van der Waals surface area contributed by atoms with E-state index in [0.717, 1.165) is 26.0 Å². The molecule has 1 N–H and O–H groups in total. The van der Waals surface area contributed by atoms with Gasteiger partial charge in [0.15, 0.2) is 0 Å². The minimum Gasteiger partial charge on any atom is -0.349 e. The summed E-state index contributed by atoms with van der Waals surface area (Å²) in [5.74, 6) is 0.358. The molecule has 0 fully saturated rings. The quantitative estimate of drug-likeness (QED) is 0.614. The highest BCUT2D eigenvalue weighted by molar-refractivity contribution is 9.10. The SMILES string of the molecule is C[C@@H](NC(=O)CSc1ccc2ccccc2n1)c1ccc(Br)cc1. The van der Waals surface area contributed by atoms with Gasteiger partial charge < -0.3 is 5.32 Å². The average molecular weight is 401 g/mol. The van der Waals surface area contributed by atoms with E-state index in [9.17, 15) is 4.79 Å². The van der Waals surface area contributed by atoms with Crippen LogP contribution in [0.15, 0.2) is 70.2 Å². The first-order valence-electron chi connectivity index (χ1n) is 7.65. The van der Waals surface area contributed by atoms with E-state index in [1.807, 2.05) is 67.6 Å². The smallest absolute Gasteiger partial charge is 0.230 e. The first-order chi connectivity index (χ1) is 11.6. The van der Waals surface area contributed by atoms with Crippen LogP contribution in [0.3, 0.4) is 0 Å². The van der Waals surface area contributed by atoms with Crippen molar-refractivity contribution in [2.45, 2.75) is 18.0 Å². The molecule has 2 aromatic carbocycles. The molecule has 0 radical (unpaired) electrons. The molecule has 3 aromatic rings. The highest BCUT2D eigenvalue weighted by Gasteiger charge is 2.10. The lowest BCUT2D eigenvalue weighted by molar-refractivity contribution is -0.119. The topological polar surface area (TPSA) is 42.0 Å². The summed E-state index contributed by atoms with van der Waals surface area (Å²) in [6, 6.07) is 19.9. The van der Waals surface area contributed by atoms with E-state index in [2.05, 4.69) is 26.2 Å². The zero-order valence-electron chi connectivity index (χ0n) is 13.2. The van der Waals surface area contributed by atoms with Crippen LogP contribution in [0, 0.1) is 0 Å². The van der Waals surface area contributed by atoms with Crippen molar-refractivity contribution < 1.29 is 4.79 Å². The lowest BCUT2D eigenvalue weighted by atomic mass is 10.1. The van der Waals surface area contributed by atoms with E-state index < -0.39 is 0 Å². The van der Waals surface area contributed by atoms with Gasteiger partial charge in [-0.1, -0.05) is 64.1 Å². The number of fused-ring (bicyclic) bond motifs is 1. The number of rotatable bonds is 5. The van der Waals surface area contributed by atoms with Crippen molar-refractivity contribution in [3.05, 3.63) is 70.7 Å². The molecule has 24 heavy (non-hydrogen) atoms. The summed E-state index contributed by atoms with van der Waals surface area (Å²) in [5.41, 5.74) is 2.03. The Morgan fingerprint density at radius 2 is 1.88 bits per heavy atom. The maximum Gasteiger partial charge on any atom is 0.230 e. The molecule has 122 valence electrons. The average Bonchev–Trinajstić information content (AvgIpc) is 2.60. The fraction of sp³-hybridized carbons (Fsp3) is 0.158. The van der Waals surface area contributed by atoms with Gasteiger partial charge in [0.05, 0.1) is 22.3 Å². The minimum absolute atomic E-state index is 0.00498. The molecule has 3 nitrogen and oxygen atoms in total. The number of nitrogens with zero attached hydrogens (tertiary/aromatic N) is 1. The maximum atomic E-state index is 12.2. The number of pyridine rings is 1. The molecular formula is C19H17BrN2OS. The number of para-hydroxylation sites is 1. The predicted molar refractivity (Wildman–Crippen MR) is 103 cm³/mol. The zero-order valence-corrected chi connectivity index (χ0v) is 15.6. The molecule has 5 heteroatoms. The second kappa shape index (κ2) is 7.81. The van der Waals surface area contributed by atoms with Gasteiger partial charge in [-0.05, 0) is 36.8 Å². The molecule has 0 saturated heterocycles. The Hall–Kier alpha value is -1.85. The van der Waals surface area contributed by atoms with Crippen LogP contribution in [0.25, 0.3) is 10.9 Å². The number of aromatic nitrogens is 1. The molecule has 0 aliphatic rings. The standard InChI is InChI=1S/C19H17BrN2OS/c1-13(14-6-9-16(20)10-7-14)21-18(23)12-24-19-11-8-15-4-2-3-5-17(15)22-19/h2-11,13H,12H2,1H3,(H,21,23)/t13-/m1/s1. The van der Waals surface area contributed by atoms with Crippen LogP contribution in [0.5, 0.6) is 0 Å². The molecular weight excluding hydrogens is 384 g/mol. The van der Waals surface area contributed by atoms with E-state index in [1.165, 1.54) is 11.8 Å². The third-order valence-corrected chi connectivity index (χ3v) is 5.13. The maximum absolute atomic E-state index is 12.2. The Balaban J connectivity index is 1.57. The van der Waals surface area contributed by atoms with Gasteiger partial charge in [-0.3, -0.25) is 4.79 Å². The number of benzene rings is 2. The Morgan fingerprint density at radius 3 is 2.67 bits per heavy atom. The van der Waals surface area contributed by atoms with Crippen molar-refractivity contribution in [1.82, 2.24) is 10.3 Å². The largest absolute Gasteiger partial charge is 0.349 e. The third kappa shape index (κ3) is 4.36. The number of nitrogens with one attached hydrogen (secondary N) is 1. The lowest BCUT2D eigenvalue weighted by Crippen LogP contribution is -2.28. The summed E-state index contributed by atoms with van der Waals surface area (Å²) in [6.45, 7) is 1.99. The number of halogens is 1. The third-order valence-electron chi connectivity index (χ3n) is 3.67. The minimum atomic E-state index is -0.0178. The molecule has 0 aliphatic carbocycles. The fourth-order valence-electron chi connectivity index (χ4n) is 2.39. The van der Waals surface area contributed by atoms with Crippen LogP contribution < -0.4 is 5.32 Å². The molecule has 1 amide bonds. The first-order valence-corrected chi connectivity index (χ1v) is 9.43. The van der Waals surface area contributed by atoms with E-state index >= 15 is 0 Å². The summed E-state index contributed by atoms with van der Waals surface area (Å²) >= 11 is 4.87. The molecule has 3 rings (SSSR count). The molecule has 0 saturated carbocycles. The highest BCUT2D eigenvalue weighted by Crippen LogP contribution is 2.20. The van der Waals surface area contributed by atoms with Gasteiger partial charge in [-0.2, -0.15) is 0 Å².